The molecule has 0 aromatic carbocycles. The summed E-state index contributed by atoms with van der Waals surface area (Å²) < 4.78 is 5.34. The average molecular weight is 306 g/mol. The van der Waals surface area contributed by atoms with E-state index in [0.717, 1.165) is 23.5 Å². The SMILES string of the molecule is CCOC(=O)CC(=O)C(=C1SC(O)C(O)S1)C(C)C. The van der Waals surface area contributed by atoms with E-state index in [2.05, 4.69) is 0 Å². The van der Waals surface area contributed by atoms with Crippen molar-refractivity contribution in [3.8, 4) is 0 Å². The molecule has 1 fully saturated rings. The molecule has 1 rings (SSSR count). The summed E-state index contributed by atoms with van der Waals surface area (Å²) in [5, 5.41) is 19.0. The molecule has 0 aromatic rings. The zero-order valence-electron chi connectivity index (χ0n) is 11.1. The van der Waals surface area contributed by atoms with E-state index >= 15 is 0 Å². The topological polar surface area (TPSA) is 83.8 Å². The van der Waals surface area contributed by atoms with E-state index in [-0.39, 0.29) is 24.7 Å². The fraction of sp³-hybridized carbons (Fsp3) is 0.667. The van der Waals surface area contributed by atoms with E-state index in [4.69, 9.17) is 4.74 Å². The fourth-order valence-electron chi connectivity index (χ4n) is 1.60. The molecule has 1 saturated heterocycles. The summed E-state index contributed by atoms with van der Waals surface area (Å²) in [4.78, 5) is 23.5. The van der Waals surface area contributed by atoms with Crippen LogP contribution < -0.4 is 0 Å². The van der Waals surface area contributed by atoms with Gasteiger partial charge in [-0.15, -0.1) is 0 Å². The molecule has 2 unspecified atom stereocenters. The van der Waals surface area contributed by atoms with Crippen LogP contribution in [0.1, 0.15) is 27.2 Å². The number of aliphatic hydroxyl groups is 2. The Morgan fingerprint density at radius 3 is 2.21 bits per heavy atom. The first-order valence-electron chi connectivity index (χ1n) is 5.99. The minimum Gasteiger partial charge on any atom is -0.466 e. The Bertz CT molecular complexity index is 380. The highest BCUT2D eigenvalue weighted by molar-refractivity contribution is 8.25. The third kappa shape index (κ3) is 4.52. The molecule has 0 aromatic heterocycles. The van der Waals surface area contributed by atoms with Crippen LogP contribution in [-0.2, 0) is 14.3 Å². The first-order valence-corrected chi connectivity index (χ1v) is 7.75. The maximum atomic E-state index is 12.1. The number of hydrogen-bond donors (Lipinski definition) is 2. The molecule has 1 aliphatic heterocycles. The highest BCUT2D eigenvalue weighted by Crippen LogP contribution is 2.47. The van der Waals surface area contributed by atoms with Crippen molar-refractivity contribution in [2.75, 3.05) is 6.61 Å². The van der Waals surface area contributed by atoms with E-state index in [1.807, 2.05) is 13.8 Å². The van der Waals surface area contributed by atoms with Gasteiger partial charge in [0.15, 0.2) is 5.78 Å². The molecule has 1 heterocycles. The Balaban J connectivity index is 2.87. The van der Waals surface area contributed by atoms with Crippen LogP contribution >= 0.6 is 23.5 Å². The maximum Gasteiger partial charge on any atom is 0.313 e. The van der Waals surface area contributed by atoms with Gasteiger partial charge in [0.05, 0.1) is 10.8 Å². The van der Waals surface area contributed by atoms with Crippen molar-refractivity contribution in [1.29, 1.82) is 0 Å². The van der Waals surface area contributed by atoms with Crippen LogP contribution in [0.15, 0.2) is 9.81 Å². The lowest BCUT2D eigenvalue weighted by atomic mass is 9.99. The number of esters is 1. The quantitative estimate of drug-likeness (QED) is 0.452. The summed E-state index contributed by atoms with van der Waals surface area (Å²) in [6.07, 6.45) is -0.307. The lowest BCUT2D eigenvalue weighted by molar-refractivity contribution is -0.145. The largest absolute Gasteiger partial charge is 0.466 e. The van der Waals surface area contributed by atoms with Gasteiger partial charge in [0, 0.05) is 5.57 Å². The second-order valence-corrected chi connectivity index (χ2v) is 6.79. The van der Waals surface area contributed by atoms with Gasteiger partial charge in [0.1, 0.15) is 17.3 Å². The van der Waals surface area contributed by atoms with Crippen molar-refractivity contribution >= 4 is 35.3 Å². The van der Waals surface area contributed by atoms with Gasteiger partial charge < -0.3 is 14.9 Å². The molecule has 0 bridgehead atoms. The number of carbonyl (C=O) groups is 2. The minimum absolute atomic E-state index is 0.0885. The first-order chi connectivity index (χ1) is 8.86. The van der Waals surface area contributed by atoms with E-state index in [1.165, 1.54) is 0 Å². The molecular formula is C12H18O5S2. The zero-order valence-corrected chi connectivity index (χ0v) is 12.7. The highest BCUT2D eigenvalue weighted by Gasteiger charge is 2.33. The van der Waals surface area contributed by atoms with Crippen molar-refractivity contribution in [2.45, 2.75) is 38.1 Å². The minimum atomic E-state index is -0.941. The summed E-state index contributed by atoms with van der Waals surface area (Å²) in [6, 6.07) is 0. The molecule has 108 valence electrons. The van der Waals surface area contributed by atoms with Crippen molar-refractivity contribution < 1.29 is 24.5 Å². The van der Waals surface area contributed by atoms with Crippen LogP contribution in [0, 0.1) is 5.92 Å². The summed E-state index contributed by atoms with van der Waals surface area (Å²) in [6.45, 7) is 5.59. The normalized spacial score (nSPS) is 22.7. The molecule has 2 atom stereocenters. The Kier molecular flexibility index (Phi) is 6.38. The predicted octanol–water partition coefficient (Wildman–Crippen LogP) is 1.49. The summed E-state index contributed by atoms with van der Waals surface area (Å²) >= 11 is 2.11. The molecule has 5 nitrogen and oxygen atoms in total. The van der Waals surface area contributed by atoms with Crippen LogP contribution in [0.3, 0.4) is 0 Å². The smallest absolute Gasteiger partial charge is 0.313 e. The van der Waals surface area contributed by atoms with Gasteiger partial charge in [0.2, 0.25) is 0 Å². The molecule has 0 saturated carbocycles. The zero-order chi connectivity index (χ0) is 14.6. The van der Waals surface area contributed by atoms with Crippen molar-refractivity contribution in [3.63, 3.8) is 0 Å². The molecule has 0 spiro atoms. The predicted molar refractivity (Wildman–Crippen MR) is 75.3 cm³/mol. The average Bonchev–Trinajstić information content (AvgIpc) is 2.58. The highest BCUT2D eigenvalue weighted by atomic mass is 32.2. The Hall–Kier alpha value is -0.500. The van der Waals surface area contributed by atoms with Gasteiger partial charge >= 0.3 is 5.97 Å². The molecule has 2 N–H and O–H groups in total. The second-order valence-electron chi connectivity index (χ2n) is 4.28. The van der Waals surface area contributed by atoms with Gasteiger partial charge in [-0.1, -0.05) is 37.4 Å². The number of Topliss-reactive ketones (excluding diaryl/α,β-unsaturated/α-hetero) is 1. The van der Waals surface area contributed by atoms with Gasteiger partial charge in [-0.3, -0.25) is 9.59 Å². The lowest BCUT2D eigenvalue weighted by Crippen LogP contribution is -2.16. The summed E-state index contributed by atoms with van der Waals surface area (Å²) in [7, 11) is 0. The molecule has 0 radical (unpaired) electrons. The van der Waals surface area contributed by atoms with E-state index < -0.39 is 16.8 Å². The van der Waals surface area contributed by atoms with E-state index in [1.54, 1.807) is 6.92 Å². The molecule has 0 aliphatic carbocycles. The first kappa shape index (κ1) is 16.6. The van der Waals surface area contributed by atoms with Crippen molar-refractivity contribution in [2.24, 2.45) is 5.92 Å². The van der Waals surface area contributed by atoms with Crippen molar-refractivity contribution in [1.82, 2.24) is 0 Å². The number of aliphatic hydroxyl groups excluding tert-OH is 2. The molecular weight excluding hydrogens is 288 g/mol. The van der Waals surface area contributed by atoms with Crippen LogP contribution in [0.5, 0.6) is 0 Å². The monoisotopic (exact) mass is 306 g/mol. The second kappa shape index (κ2) is 7.33. The number of ketones is 1. The van der Waals surface area contributed by atoms with Gasteiger partial charge in [0.25, 0.3) is 0 Å². The molecule has 1 aliphatic rings. The van der Waals surface area contributed by atoms with Crippen LogP contribution in [-0.4, -0.2) is 39.4 Å². The van der Waals surface area contributed by atoms with Crippen molar-refractivity contribution in [3.05, 3.63) is 9.81 Å². The standard InChI is InChI=1S/C12H18O5S2/c1-4-17-8(14)5-7(13)9(6(2)3)12-18-10(15)11(16)19-12/h6,10-11,15-16H,4-5H2,1-3H3. The van der Waals surface area contributed by atoms with Gasteiger partial charge in [-0.2, -0.15) is 0 Å². The summed E-state index contributed by atoms with van der Waals surface area (Å²) in [5.74, 6) is -0.959. The number of hydrogen-bond acceptors (Lipinski definition) is 7. The Morgan fingerprint density at radius 2 is 1.79 bits per heavy atom. The molecule has 0 amide bonds. The van der Waals surface area contributed by atoms with Crippen LogP contribution in [0.4, 0.5) is 0 Å². The van der Waals surface area contributed by atoms with Crippen LogP contribution in [0.2, 0.25) is 0 Å². The number of carbonyl (C=O) groups excluding carboxylic acids is 2. The number of rotatable bonds is 5. The molecule has 19 heavy (non-hydrogen) atoms. The van der Waals surface area contributed by atoms with Crippen LogP contribution in [0.25, 0.3) is 0 Å². The Labute approximate surface area is 120 Å². The van der Waals surface area contributed by atoms with E-state index in [0.29, 0.717) is 9.81 Å². The Morgan fingerprint density at radius 1 is 1.26 bits per heavy atom. The third-order valence-corrected chi connectivity index (χ3v) is 5.02. The lowest BCUT2D eigenvalue weighted by Gasteiger charge is -2.12. The number of thioether (sulfide) groups is 2. The van der Waals surface area contributed by atoms with E-state index in [9.17, 15) is 19.8 Å². The van der Waals surface area contributed by atoms with Gasteiger partial charge in [-0.25, -0.2) is 0 Å². The summed E-state index contributed by atoms with van der Waals surface area (Å²) in [5.41, 5.74) is -1.41. The molecule has 7 heteroatoms. The fourth-order valence-corrected chi connectivity index (χ4v) is 4.37. The number of ether oxygens (including phenoxy) is 1. The third-order valence-electron chi connectivity index (χ3n) is 2.41. The van der Waals surface area contributed by atoms with Gasteiger partial charge in [-0.05, 0) is 12.8 Å². The maximum absolute atomic E-state index is 12.1. The number of allylic oxidation sites excluding steroid dienone is 1.